The number of carbonyl (C=O) groups excluding carboxylic acids is 1. The van der Waals surface area contributed by atoms with Crippen LogP contribution in [0.1, 0.15) is 32.4 Å². The maximum absolute atomic E-state index is 12.3. The van der Waals surface area contributed by atoms with E-state index in [0.717, 1.165) is 0 Å². The number of nitrogens with one attached hydrogen (secondary N) is 2. The Morgan fingerprint density at radius 3 is 2.90 bits per heavy atom. The van der Waals surface area contributed by atoms with Crippen molar-refractivity contribution in [1.82, 2.24) is 20.2 Å². The highest BCUT2D eigenvalue weighted by molar-refractivity contribution is 5.69. The molecule has 1 unspecified atom stereocenters. The second kappa shape index (κ2) is 5.62. The quantitative estimate of drug-likeness (QED) is 0.788. The lowest BCUT2D eigenvalue weighted by Crippen LogP contribution is -2.51. The van der Waals surface area contributed by atoms with Crippen LogP contribution in [0.25, 0.3) is 0 Å². The molecule has 1 aliphatic heterocycles. The van der Waals surface area contributed by atoms with E-state index in [1.165, 1.54) is 12.5 Å². The summed E-state index contributed by atoms with van der Waals surface area (Å²) in [5.74, 6) is 0. The standard InChI is InChI=1S/C13H20N4O3/c1-13(2,3)20-12(19)17-5-4-14-7-10(17)9-6-15-8-16-11(9)18/h6,8,10,14H,4-5,7H2,1-3H3,(H,15,16,18). The van der Waals surface area contributed by atoms with Gasteiger partial charge in [0.25, 0.3) is 5.56 Å². The first-order valence-corrected chi connectivity index (χ1v) is 6.61. The highest BCUT2D eigenvalue weighted by atomic mass is 16.6. The molecule has 1 atom stereocenters. The zero-order chi connectivity index (χ0) is 14.8. The van der Waals surface area contributed by atoms with Gasteiger partial charge in [0.15, 0.2) is 0 Å². The van der Waals surface area contributed by atoms with Gasteiger partial charge in [-0.25, -0.2) is 9.78 Å². The number of hydrogen-bond donors (Lipinski definition) is 2. The number of hydrogen-bond acceptors (Lipinski definition) is 5. The first-order valence-electron chi connectivity index (χ1n) is 6.61. The van der Waals surface area contributed by atoms with E-state index < -0.39 is 11.7 Å². The van der Waals surface area contributed by atoms with E-state index in [2.05, 4.69) is 15.3 Å². The molecule has 7 nitrogen and oxygen atoms in total. The molecule has 20 heavy (non-hydrogen) atoms. The Kier molecular flexibility index (Phi) is 4.08. The maximum atomic E-state index is 12.3. The predicted molar refractivity (Wildman–Crippen MR) is 73.4 cm³/mol. The van der Waals surface area contributed by atoms with E-state index in [4.69, 9.17) is 4.74 Å². The molecule has 0 aromatic carbocycles. The molecule has 0 aliphatic carbocycles. The molecule has 1 aromatic heterocycles. The van der Waals surface area contributed by atoms with Crippen LogP contribution in [-0.2, 0) is 4.74 Å². The molecule has 2 heterocycles. The number of aromatic nitrogens is 2. The smallest absolute Gasteiger partial charge is 0.410 e. The van der Waals surface area contributed by atoms with Crippen LogP contribution in [0.4, 0.5) is 4.79 Å². The lowest BCUT2D eigenvalue weighted by Gasteiger charge is -2.36. The van der Waals surface area contributed by atoms with Crippen molar-refractivity contribution >= 4 is 6.09 Å². The maximum Gasteiger partial charge on any atom is 0.410 e. The van der Waals surface area contributed by atoms with Crippen LogP contribution in [0.5, 0.6) is 0 Å². The fourth-order valence-corrected chi connectivity index (χ4v) is 2.11. The van der Waals surface area contributed by atoms with Gasteiger partial charge in [0.05, 0.1) is 17.9 Å². The van der Waals surface area contributed by atoms with Crippen molar-refractivity contribution in [2.75, 3.05) is 19.6 Å². The third kappa shape index (κ3) is 3.36. The Bertz CT molecular complexity index is 535. The number of amides is 1. The molecule has 0 bridgehead atoms. The van der Waals surface area contributed by atoms with Crippen molar-refractivity contribution in [2.24, 2.45) is 0 Å². The van der Waals surface area contributed by atoms with Gasteiger partial charge in [-0.15, -0.1) is 0 Å². The highest BCUT2D eigenvalue weighted by Crippen LogP contribution is 2.21. The van der Waals surface area contributed by atoms with Crippen LogP contribution in [0.15, 0.2) is 17.3 Å². The Labute approximate surface area is 117 Å². The summed E-state index contributed by atoms with van der Waals surface area (Å²) in [7, 11) is 0. The molecule has 0 saturated carbocycles. The summed E-state index contributed by atoms with van der Waals surface area (Å²) in [5.41, 5.74) is -0.332. The minimum Gasteiger partial charge on any atom is -0.444 e. The number of nitrogens with zero attached hydrogens (tertiary/aromatic N) is 2. The summed E-state index contributed by atoms with van der Waals surface area (Å²) in [6.45, 7) is 7.13. The van der Waals surface area contributed by atoms with Crippen molar-refractivity contribution < 1.29 is 9.53 Å². The Morgan fingerprint density at radius 1 is 1.50 bits per heavy atom. The van der Waals surface area contributed by atoms with E-state index in [-0.39, 0.29) is 11.6 Å². The molecule has 1 aromatic rings. The van der Waals surface area contributed by atoms with Crippen molar-refractivity contribution in [3.8, 4) is 0 Å². The second-order valence-corrected chi connectivity index (χ2v) is 5.73. The predicted octanol–water partition coefficient (Wildman–Crippen LogP) is 0.651. The second-order valence-electron chi connectivity index (χ2n) is 5.73. The number of aromatic amines is 1. The largest absolute Gasteiger partial charge is 0.444 e. The Hall–Kier alpha value is -1.89. The molecule has 1 fully saturated rings. The Balaban J connectivity index is 2.24. The summed E-state index contributed by atoms with van der Waals surface area (Å²) in [6, 6.07) is -0.365. The molecule has 2 rings (SSSR count). The number of rotatable bonds is 1. The highest BCUT2D eigenvalue weighted by Gasteiger charge is 2.32. The zero-order valence-corrected chi connectivity index (χ0v) is 12.0. The minimum atomic E-state index is -0.562. The fraction of sp³-hybridized carbons (Fsp3) is 0.615. The van der Waals surface area contributed by atoms with E-state index in [1.807, 2.05) is 20.8 Å². The first kappa shape index (κ1) is 14.5. The molecule has 1 saturated heterocycles. The Morgan fingerprint density at radius 2 is 2.25 bits per heavy atom. The van der Waals surface area contributed by atoms with Gasteiger partial charge in [-0.05, 0) is 20.8 Å². The van der Waals surface area contributed by atoms with Crippen LogP contribution in [-0.4, -0.2) is 46.2 Å². The molecule has 2 N–H and O–H groups in total. The fourth-order valence-electron chi connectivity index (χ4n) is 2.11. The molecule has 1 amide bonds. The number of H-pyrrole nitrogens is 1. The van der Waals surface area contributed by atoms with E-state index in [1.54, 1.807) is 4.90 Å². The van der Waals surface area contributed by atoms with Gasteiger partial charge in [0, 0.05) is 25.8 Å². The summed E-state index contributed by atoms with van der Waals surface area (Å²) in [6.07, 6.45) is 2.42. The summed E-state index contributed by atoms with van der Waals surface area (Å²) in [4.78, 5) is 32.2. The topological polar surface area (TPSA) is 87.3 Å². The van der Waals surface area contributed by atoms with E-state index >= 15 is 0 Å². The van der Waals surface area contributed by atoms with Crippen LogP contribution >= 0.6 is 0 Å². The number of piperazine rings is 1. The first-order chi connectivity index (χ1) is 9.38. The summed E-state index contributed by atoms with van der Waals surface area (Å²) in [5, 5.41) is 3.18. The zero-order valence-electron chi connectivity index (χ0n) is 12.0. The van der Waals surface area contributed by atoms with Crippen molar-refractivity contribution in [1.29, 1.82) is 0 Å². The normalized spacial score (nSPS) is 19.8. The number of ether oxygens (including phenoxy) is 1. The monoisotopic (exact) mass is 280 g/mol. The van der Waals surface area contributed by atoms with E-state index in [9.17, 15) is 9.59 Å². The van der Waals surface area contributed by atoms with Crippen LogP contribution < -0.4 is 10.9 Å². The molecule has 7 heteroatoms. The molecule has 0 radical (unpaired) electrons. The van der Waals surface area contributed by atoms with Gasteiger partial charge in [0.1, 0.15) is 5.60 Å². The third-order valence-electron chi connectivity index (χ3n) is 2.98. The van der Waals surface area contributed by atoms with Crippen LogP contribution in [0, 0.1) is 0 Å². The van der Waals surface area contributed by atoms with Crippen molar-refractivity contribution in [3.05, 3.63) is 28.4 Å². The molecule has 0 spiro atoms. The van der Waals surface area contributed by atoms with Crippen molar-refractivity contribution in [2.45, 2.75) is 32.4 Å². The lowest BCUT2D eigenvalue weighted by atomic mass is 10.1. The number of carbonyl (C=O) groups is 1. The van der Waals surface area contributed by atoms with Gasteiger partial charge < -0.3 is 15.0 Å². The lowest BCUT2D eigenvalue weighted by molar-refractivity contribution is 0.0116. The van der Waals surface area contributed by atoms with Gasteiger partial charge in [-0.2, -0.15) is 0 Å². The average Bonchev–Trinajstić information content (AvgIpc) is 2.37. The minimum absolute atomic E-state index is 0.234. The van der Waals surface area contributed by atoms with Gasteiger partial charge in [-0.3, -0.25) is 9.69 Å². The van der Waals surface area contributed by atoms with Crippen LogP contribution in [0.3, 0.4) is 0 Å². The van der Waals surface area contributed by atoms with E-state index in [0.29, 0.717) is 25.2 Å². The summed E-state index contributed by atoms with van der Waals surface area (Å²) >= 11 is 0. The summed E-state index contributed by atoms with van der Waals surface area (Å²) < 4.78 is 5.40. The van der Waals surface area contributed by atoms with Gasteiger partial charge >= 0.3 is 6.09 Å². The SMILES string of the molecule is CC(C)(C)OC(=O)N1CCNCC1c1cnc[nH]c1=O. The molecular formula is C13H20N4O3. The van der Waals surface area contributed by atoms with Crippen molar-refractivity contribution in [3.63, 3.8) is 0 Å². The van der Waals surface area contributed by atoms with Gasteiger partial charge in [-0.1, -0.05) is 0 Å². The third-order valence-corrected chi connectivity index (χ3v) is 2.98. The molecule has 110 valence electrons. The average molecular weight is 280 g/mol. The molecule has 1 aliphatic rings. The van der Waals surface area contributed by atoms with Gasteiger partial charge in [0.2, 0.25) is 0 Å². The van der Waals surface area contributed by atoms with Crippen LogP contribution in [0.2, 0.25) is 0 Å². The molecular weight excluding hydrogens is 260 g/mol.